The number of aromatic hydroxyl groups is 1. The Morgan fingerprint density at radius 1 is 1.40 bits per heavy atom. The van der Waals surface area contributed by atoms with Crippen LogP contribution in [0.4, 0.5) is 11.6 Å². The van der Waals surface area contributed by atoms with Crippen LogP contribution in [0.2, 0.25) is 5.02 Å². The van der Waals surface area contributed by atoms with Crippen LogP contribution in [0.1, 0.15) is 5.56 Å². The van der Waals surface area contributed by atoms with E-state index in [1.54, 1.807) is 24.4 Å². The summed E-state index contributed by atoms with van der Waals surface area (Å²) in [4.78, 5) is 11.1. The highest BCUT2D eigenvalue weighted by molar-refractivity contribution is 6.30. The van der Waals surface area contributed by atoms with Gasteiger partial charge in [-0.15, -0.1) is 0 Å². The highest BCUT2D eigenvalue weighted by atomic mass is 35.5. The van der Waals surface area contributed by atoms with Crippen molar-refractivity contribution < 1.29 is 5.11 Å². The van der Waals surface area contributed by atoms with E-state index in [2.05, 4.69) is 20.3 Å². The number of fused-ring (bicyclic) bond motifs is 1. The summed E-state index contributed by atoms with van der Waals surface area (Å²) in [5.41, 5.74) is 7.76. The van der Waals surface area contributed by atoms with Gasteiger partial charge in [-0.2, -0.15) is 4.98 Å². The third-order valence-corrected chi connectivity index (χ3v) is 3.20. The van der Waals surface area contributed by atoms with E-state index < -0.39 is 0 Å². The number of H-pyrrole nitrogens is 1. The van der Waals surface area contributed by atoms with Crippen molar-refractivity contribution in [1.29, 1.82) is 0 Å². The van der Waals surface area contributed by atoms with Crippen molar-refractivity contribution in [3.05, 3.63) is 41.2 Å². The molecule has 0 spiro atoms. The van der Waals surface area contributed by atoms with Gasteiger partial charge in [0.05, 0.1) is 5.69 Å². The number of hydrogen-bond donors (Lipinski definition) is 4. The molecule has 0 fully saturated rings. The predicted molar refractivity (Wildman–Crippen MR) is 78.7 cm³/mol. The molecule has 0 saturated heterocycles. The Bertz CT molecular complexity index is 771. The molecule has 20 heavy (non-hydrogen) atoms. The van der Waals surface area contributed by atoms with Crippen molar-refractivity contribution in [1.82, 2.24) is 15.0 Å². The first-order valence-corrected chi connectivity index (χ1v) is 6.32. The lowest BCUT2D eigenvalue weighted by Crippen LogP contribution is -1.99. The van der Waals surface area contributed by atoms with E-state index in [9.17, 15) is 5.11 Å². The van der Waals surface area contributed by atoms with Gasteiger partial charge in [0.25, 0.3) is 0 Å². The van der Waals surface area contributed by atoms with Crippen LogP contribution in [0.25, 0.3) is 11.0 Å². The van der Waals surface area contributed by atoms with E-state index in [-0.39, 0.29) is 11.7 Å². The van der Waals surface area contributed by atoms with Crippen LogP contribution in [0.3, 0.4) is 0 Å². The molecular formula is C13H12ClN5O. The molecule has 3 rings (SSSR count). The Morgan fingerprint density at radius 2 is 2.25 bits per heavy atom. The van der Waals surface area contributed by atoms with E-state index in [0.29, 0.717) is 22.9 Å². The zero-order valence-corrected chi connectivity index (χ0v) is 11.1. The molecule has 0 atom stereocenters. The molecule has 2 heterocycles. The highest BCUT2D eigenvalue weighted by Gasteiger charge is 2.07. The van der Waals surface area contributed by atoms with Gasteiger partial charge < -0.3 is 21.1 Å². The highest BCUT2D eigenvalue weighted by Crippen LogP contribution is 2.27. The van der Waals surface area contributed by atoms with Gasteiger partial charge in [0.15, 0.2) is 0 Å². The van der Waals surface area contributed by atoms with Crippen LogP contribution in [0, 0.1) is 0 Å². The number of hydrogen-bond acceptors (Lipinski definition) is 5. The van der Waals surface area contributed by atoms with Crippen LogP contribution in [-0.4, -0.2) is 20.1 Å². The largest absolute Gasteiger partial charge is 0.506 e. The minimum Gasteiger partial charge on any atom is -0.506 e. The van der Waals surface area contributed by atoms with Crippen molar-refractivity contribution in [3.63, 3.8) is 0 Å². The van der Waals surface area contributed by atoms with Gasteiger partial charge in [-0.25, -0.2) is 4.98 Å². The molecule has 0 aliphatic heterocycles. The number of nitrogens with zero attached hydrogens (tertiary/aromatic N) is 2. The molecule has 0 aliphatic carbocycles. The maximum absolute atomic E-state index is 9.74. The minimum absolute atomic E-state index is 0.148. The summed E-state index contributed by atoms with van der Waals surface area (Å²) in [6.45, 7) is 0.501. The van der Waals surface area contributed by atoms with Gasteiger partial charge in [0.1, 0.15) is 11.4 Å². The number of nitrogen functional groups attached to an aromatic ring is 1. The first-order valence-electron chi connectivity index (χ1n) is 5.94. The Hall–Kier alpha value is -2.47. The van der Waals surface area contributed by atoms with Crippen molar-refractivity contribution in [2.45, 2.75) is 6.54 Å². The monoisotopic (exact) mass is 289 g/mol. The van der Waals surface area contributed by atoms with Crippen LogP contribution in [-0.2, 0) is 6.54 Å². The number of phenols is 1. The molecule has 0 saturated carbocycles. The van der Waals surface area contributed by atoms with Gasteiger partial charge in [-0.3, -0.25) is 0 Å². The minimum atomic E-state index is 0.148. The van der Waals surface area contributed by atoms with Crippen molar-refractivity contribution >= 4 is 34.3 Å². The van der Waals surface area contributed by atoms with E-state index in [4.69, 9.17) is 17.3 Å². The average Bonchev–Trinajstić information content (AvgIpc) is 2.82. The molecule has 7 heteroatoms. The van der Waals surface area contributed by atoms with Crippen molar-refractivity contribution in [2.24, 2.45) is 0 Å². The molecule has 0 unspecified atom stereocenters. The Balaban J connectivity index is 1.85. The summed E-state index contributed by atoms with van der Waals surface area (Å²) >= 11 is 5.90. The van der Waals surface area contributed by atoms with E-state index in [1.165, 1.54) is 0 Å². The van der Waals surface area contributed by atoms with Crippen LogP contribution in [0.15, 0.2) is 30.6 Å². The zero-order valence-electron chi connectivity index (χ0n) is 10.4. The molecule has 0 bridgehead atoms. The number of benzene rings is 1. The fourth-order valence-electron chi connectivity index (χ4n) is 1.96. The molecular weight excluding hydrogens is 278 g/mol. The molecule has 6 nitrogen and oxygen atoms in total. The van der Waals surface area contributed by atoms with Gasteiger partial charge in [0, 0.05) is 29.3 Å². The topological polar surface area (TPSA) is 99.9 Å². The third-order valence-electron chi connectivity index (χ3n) is 2.96. The Kier molecular flexibility index (Phi) is 3.08. The molecule has 0 amide bonds. The second-order valence-electron chi connectivity index (χ2n) is 4.32. The lowest BCUT2D eigenvalue weighted by molar-refractivity contribution is 0.477. The lowest BCUT2D eigenvalue weighted by atomic mass is 10.2. The van der Waals surface area contributed by atoms with Crippen molar-refractivity contribution in [2.75, 3.05) is 11.1 Å². The molecule has 0 aliphatic rings. The van der Waals surface area contributed by atoms with Crippen LogP contribution < -0.4 is 11.1 Å². The number of aromatic nitrogens is 3. The van der Waals surface area contributed by atoms with Gasteiger partial charge in [0.2, 0.25) is 5.95 Å². The molecule has 3 aromatic rings. The average molecular weight is 290 g/mol. The van der Waals surface area contributed by atoms with Gasteiger partial charge in [-0.1, -0.05) is 11.6 Å². The normalized spacial score (nSPS) is 10.8. The molecule has 0 radical (unpaired) electrons. The van der Waals surface area contributed by atoms with Crippen LogP contribution in [0.5, 0.6) is 5.75 Å². The van der Waals surface area contributed by atoms with Gasteiger partial charge in [-0.05, 0) is 23.8 Å². The number of nitrogens with one attached hydrogen (secondary N) is 2. The number of anilines is 2. The summed E-state index contributed by atoms with van der Waals surface area (Å²) in [5.74, 6) is 0.376. The standard InChI is InChI=1S/C13H12ClN5O/c14-8-1-2-11(20)10(3-8)16-4-7-5-17-12-9(7)6-18-13(15)19-12/h1-3,5-6,16,20H,4H2,(H3,15,17,18,19). The summed E-state index contributed by atoms with van der Waals surface area (Å²) in [6, 6.07) is 4.84. The number of rotatable bonds is 3. The summed E-state index contributed by atoms with van der Waals surface area (Å²) in [5, 5.41) is 14.3. The number of phenolic OH excluding ortho intramolecular Hbond substituents is 1. The molecule has 2 aromatic heterocycles. The van der Waals surface area contributed by atoms with E-state index in [0.717, 1.165) is 10.9 Å². The van der Waals surface area contributed by atoms with E-state index in [1.807, 2.05) is 6.20 Å². The fourth-order valence-corrected chi connectivity index (χ4v) is 2.13. The fraction of sp³-hybridized carbons (Fsp3) is 0.0769. The van der Waals surface area contributed by atoms with Crippen LogP contribution >= 0.6 is 11.6 Å². The quantitative estimate of drug-likeness (QED) is 0.555. The summed E-state index contributed by atoms with van der Waals surface area (Å²) in [7, 11) is 0. The number of nitrogens with two attached hydrogens (primary N) is 1. The second-order valence-corrected chi connectivity index (χ2v) is 4.76. The zero-order chi connectivity index (χ0) is 14.1. The first kappa shape index (κ1) is 12.6. The lowest BCUT2D eigenvalue weighted by Gasteiger charge is -2.08. The number of halogens is 1. The Morgan fingerprint density at radius 3 is 3.10 bits per heavy atom. The second kappa shape index (κ2) is 4.90. The summed E-state index contributed by atoms with van der Waals surface area (Å²) in [6.07, 6.45) is 3.50. The SMILES string of the molecule is Nc1ncc2c(CNc3cc(Cl)ccc3O)c[nH]c2n1. The van der Waals surface area contributed by atoms with Gasteiger partial charge >= 0.3 is 0 Å². The maximum atomic E-state index is 9.74. The van der Waals surface area contributed by atoms with Crippen molar-refractivity contribution in [3.8, 4) is 5.75 Å². The Labute approximate surface area is 119 Å². The number of aromatic amines is 1. The molecule has 1 aromatic carbocycles. The van der Waals surface area contributed by atoms with E-state index >= 15 is 0 Å². The summed E-state index contributed by atoms with van der Waals surface area (Å²) < 4.78 is 0. The first-order chi connectivity index (χ1) is 9.63. The smallest absolute Gasteiger partial charge is 0.221 e. The predicted octanol–water partition coefficient (Wildman–Crippen LogP) is 2.51. The maximum Gasteiger partial charge on any atom is 0.221 e. The molecule has 102 valence electrons. The molecule has 5 N–H and O–H groups in total. The third kappa shape index (κ3) is 2.33.